The molecule has 0 saturated heterocycles. The van der Waals surface area contributed by atoms with Crippen LogP contribution in [0.2, 0.25) is 0 Å². The Balaban J connectivity index is 2.55. The van der Waals surface area contributed by atoms with E-state index < -0.39 is 0 Å². The van der Waals surface area contributed by atoms with Crippen LogP contribution in [0.4, 0.5) is 5.69 Å². The largest absolute Gasteiger partial charge is 0.294 e. The van der Waals surface area contributed by atoms with E-state index in [0.29, 0.717) is 5.57 Å². The molecule has 0 aliphatic carbocycles. The van der Waals surface area contributed by atoms with Crippen molar-refractivity contribution < 1.29 is 4.79 Å². The van der Waals surface area contributed by atoms with Crippen LogP contribution in [0.3, 0.4) is 0 Å². The molecule has 2 rings (SSSR count). The maximum absolute atomic E-state index is 11.1. The number of ketones is 1. The minimum Gasteiger partial charge on any atom is -0.294 e. The van der Waals surface area contributed by atoms with Crippen molar-refractivity contribution in [2.45, 2.75) is 6.92 Å². The Morgan fingerprint density at radius 3 is 2.93 bits per heavy atom. The molecule has 0 unspecified atom stereocenters. The summed E-state index contributed by atoms with van der Waals surface area (Å²) in [5.74, 6) is -0.0159. The summed E-state index contributed by atoms with van der Waals surface area (Å²) in [6.07, 6.45) is 3.35. The van der Waals surface area contributed by atoms with E-state index in [2.05, 4.69) is 10.7 Å². The molecule has 0 saturated carbocycles. The third kappa shape index (κ3) is 1.56. The molecule has 0 N–H and O–H groups in total. The lowest BCUT2D eigenvalue weighted by Crippen LogP contribution is -1.94. The number of hydrogen-bond donors (Lipinski definition) is 0. The zero-order chi connectivity index (χ0) is 9.97. The standard InChI is InChI=1S/C12H9NO/c1-9(14)11-7-6-10-4-2-3-5-12(10)13-8-11/h2-6,8H,1H3. The number of aliphatic imine (C=N–C) groups is 1. The first-order chi connectivity index (χ1) is 6.77. The van der Waals surface area contributed by atoms with Gasteiger partial charge >= 0.3 is 0 Å². The first kappa shape index (κ1) is 8.67. The number of rotatable bonds is 1. The number of carbonyl (C=O) groups excluding carboxylic acids is 1. The van der Waals surface area contributed by atoms with E-state index in [4.69, 9.17) is 0 Å². The van der Waals surface area contributed by atoms with E-state index in [-0.39, 0.29) is 5.78 Å². The van der Waals surface area contributed by atoms with Gasteiger partial charge in [-0.05, 0) is 19.1 Å². The second kappa shape index (κ2) is 3.44. The molecule has 1 aliphatic heterocycles. The molecule has 2 heteroatoms. The third-order valence-electron chi connectivity index (χ3n) is 2.03. The highest BCUT2D eigenvalue weighted by Crippen LogP contribution is 2.21. The van der Waals surface area contributed by atoms with Crippen molar-refractivity contribution in [2.75, 3.05) is 0 Å². The summed E-state index contributed by atoms with van der Waals surface area (Å²) in [4.78, 5) is 15.3. The molecular formula is C12H9NO. The second-order valence-electron chi connectivity index (χ2n) is 3.08. The van der Waals surface area contributed by atoms with Crippen molar-refractivity contribution in [2.24, 2.45) is 4.99 Å². The van der Waals surface area contributed by atoms with E-state index in [0.717, 1.165) is 11.3 Å². The fourth-order valence-electron chi connectivity index (χ4n) is 1.25. The van der Waals surface area contributed by atoms with E-state index in [9.17, 15) is 4.79 Å². The van der Waals surface area contributed by atoms with Gasteiger partial charge in [-0.25, -0.2) is 0 Å². The molecular weight excluding hydrogens is 174 g/mol. The van der Waals surface area contributed by atoms with Crippen LogP contribution >= 0.6 is 0 Å². The summed E-state index contributed by atoms with van der Waals surface area (Å²) in [6.45, 7) is 1.51. The molecule has 0 atom stereocenters. The third-order valence-corrected chi connectivity index (χ3v) is 2.03. The zero-order valence-electron chi connectivity index (χ0n) is 7.82. The Morgan fingerprint density at radius 2 is 2.14 bits per heavy atom. The molecule has 1 heterocycles. The highest BCUT2D eigenvalue weighted by Gasteiger charge is 2.03. The van der Waals surface area contributed by atoms with Crippen LogP contribution < -0.4 is 0 Å². The lowest BCUT2D eigenvalue weighted by atomic mass is 10.2. The summed E-state index contributed by atoms with van der Waals surface area (Å²) in [6, 6.07) is 7.71. The van der Waals surface area contributed by atoms with Crippen LogP contribution in [0.15, 0.2) is 40.6 Å². The van der Waals surface area contributed by atoms with Crippen LogP contribution in [0.1, 0.15) is 12.5 Å². The maximum atomic E-state index is 11.1. The van der Waals surface area contributed by atoms with Crippen LogP contribution in [-0.4, -0.2) is 12.0 Å². The summed E-state index contributed by atoms with van der Waals surface area (Å²) in [5, 5.41) is 0. The molecule has 0 spiro atoms. The van der Waals surface area contributed by atoms with Crippen LogP contribution in [0, 0.1) is 0 Å². The molecule has 1 aromatic carbocycles. The second-order valence-corrected chi connectivity index (χ2v) is 3.08. The Bertz CT molecular complexity index is 477. The average molecular weight is 183 g/mol. The number of allylic oxidation sites excluding steroid dienone is 1. The smallest absolute Gasteiger partial charge is 0.169 e. The fraction of sp³-hybridized carbons (Fsp3) is 0.0833. The number of benzene rings is 1. The van der Waals surface area contributed by atoms with Gasteiger partial charge in [-0.2, -0.15) is 0 Å². The van der Waals surface area contributed by atoms with Crippen molar-refractivity contribution in [3.05, 3.63) is 41.1 Å². The Hall–Kier alpha value is -1.92. The van der Waals surface area contributed by atoms with E-state index in [1.54, 1.807) is 12.3 Å². The number of para-hydroxylation sites is 1. The predicted octanol–water partition coefficient (Wildman–Crippen LogP) is 2.53. The molecule has 0 amide bonds. The molecule has 1 aliphatic rings. The Kier molecular flexibility index (Phi) is 2.13. The number of Topliss-reactive ketones (excluding diaryl/α,β-unsaturated/α-hetero) is 1. The topological polar surface area (TPSA) is 29.4 Å². The highest BCUT2D eigenvalue weighted by atomic mass is 16.1. The summed E-state index contributed by atoms with van der Waals surface area (Å²) < 4.78 is 0. The minimum atomic E-state index is -0.0159. The SMILES string of the molecule is CC(=O)C1=C=Cc2ccccc2N=C1. The molecule has 0 radical (unpaired) electrons. The lowest BCUT2D eigenvalue weighted by molar-refractivity contribution is -0.113. The van der Waals surface area contributed by atoms with Gasteiger partial charge in [0.15, 0.2) is 5.78 Å². The van der Waals surface area contributed by atoms with Gasteiger partial charge < -0.3 is 0 Å². The van der Waals surface area contributed by atoms with Crippen LogP contribution in [0.25, 0.3) is 6.08 Å². The number of hydrogen-bond acceptors (Lipinski definition) is 2. The summed E-state index contributed by atoms with van der Waals surface area (Å²) in [7, 11) is 0. The first-order valence-electron chi connectivity index (χ1n) is 4.38. The maximum Gasteiger partial charge on any atom is 0.169 e. The summed E-state index contributed by atoms with van der Waals surface area (Å²) >= 11 is 0. The van der Waals surface area contributed by atoms with E-state index in [1.165, 1.54) is 6.92 Å². The van der Waals surface area contributed by atoms with Gasteiger partial charge in [-0.3, -0.25) is 9.79 Å². The van der Waals surface area contributed by atoms with Gasteiger partial charge in [-0.1, -0.05) is 18.2 Å². The molecule has 0 bridgehead atoms. The summed E-state index contributed by atoms with van der Waals surface area (Å²) in [5.41, 5.74) is 5.30. The Labute approximate surface area is 82.3 Å². The number of carbonyl (C=O) groups is 1. The van der Waals surface area contributed by atoms with E-state index in [1.807, 2.05) is 24.3 Å². The fourth-order valence-corrected chi connectivity index (χ4v) is 1.25. The van der Waals surface area contributed by atoms with Gasteiger partial charge in [0.25, 0.3) is 0 Å². The van der Waals surface area contributed by atoms with Gasteiger partial charge in [-0.15, -0.1) is 5.73 Å². The van der Waals surface area contributed by atoms with Crippen LogP contribution in [-0.2, 0) is 4.79 Å². The normalized spacial score (nSPS) is 13.1. The van der Waals surface area contributed by atoms with Crippen molar-refractivity contribution >= 4 is 23.8 Å². The van der Waals surface area contributed by atoms with Crippen molar-refractivity contribution in [3.63, 3.8) is 0 Å². The van der Waals surface area contributed by atoms with E-state index >= 15 is 0 Å². The van der Waals surface area contributed by atoms with Gasteiger partial charge in [0.05, 0.1) is 11.3 Å². The predicted molar refractivity (Wildman–Crippen MR) is 56.8 cm³/mol. The van der Waals surface area contributed by atoms with Crippen molar-refractivity contribution in [1.82, 2.24) is 0 Å². The minimum absolute atomic E-state index is 0.0159. The molecule has 1 aromatic rings. The highest BCUT2D eigenvalue weighted by molar-refractivity contribution is 6.13. The average Bonchev–Trinajstić information content (AvgIpc) is 2.39. The zero-order valence-corrected chi connectivity index (χ0v) is 7.82. The molecule has 68 valence electrons. The van der Waals surface area contributed by atoms with Gasteiger partial charge in [0.1, 0.15) is 0 Å². The molecule has 0 aromatic heterocycles. The van der Waals surface area contributed by atoms with Crippen LogP contribution in [0.5, 0.6) is 0 Å². The Morgan fingerprint density at radius 1 is 1.36 bits per heavy atom. The molecule has 0 fully saturated rings. The first-order valence-corrected chi connectivity index (χ1v) is 4.38. The van der Waals surface area contributed by atoms with Crippen molar-refractivity contribution in [3.8, 4) is 0 Å². The molecule has 2 nitrogen and oxygen atoms in total. The van der Waals surface area contributed by atoms with Crippen molar-refractivity contribution in [1.29, 1.82) is 0 Å². The monoisotopic (exact) mass is 183 g/mol. The number of fused-ring (bicyclic) bond motifs is 1. The molecule has 14 heavy (non-hydrogen) atoms. The lowest BCUT2D eigenvalue weighted by Gasteiger charge is -1.95. The van der Waals surface area contributed by atoms with Gasteiger partial charge in [0, 0.05) is 11.8 Å². The number of nitrogens with zero attached hydrogens (tertiary/aromatic N) is 1. The van der Waals surface area contributed by atoms with Gasteiger partial charge in [0.2, 0.25) is 0 Å². The quantitative estimate of drug-likeness (QED) is 0.615.